The topological polar surface area (TPSA) is 40.6 Å². The number of carbonyl (C=O) groups is 2. The number of likely N-dealkylation sites (tertiary alicyclic amines) is 1. The second-order valence-corrected chi connectivity index (χ2v) is 10.1. The van der Waals surface area contributed by atoms with Crippen LogP contribution in [0.25, 0.3) is 0 Å². The lowest BCUT2D eigenvalue weighted by Crippen LogP contribution is -2.43. The molecule has 4 nitrogen and oxygen atoms in total. The largest absolute Gasteiger partial charge is 0.335 e. The van der Waals surface area contributed by atoms with Gasteiger partial charge < -0.3 is 9.80 Å². The third-order valence-corrected chi connectivity index (χ3v) is 7.58. The number of hydrogen-bond donors (Lipinski definition) is 0. The molecule has 1 saturated heterocycles. The van der Waals surface area contributed by atoms with Gasteiger partial charge in [-0.1, -0.05) is 71.7 Å². The lowest BCUT2D eigenvalue weighted by Gasteiger charge is -2.39. The molecule has 0 radical (unpaired) electrons. The van der Waals surface area contributed by atoms with Crippen molar-refractivity contribution in [2.75, 3.05) is 6.54 Å². The molecule has 2 heterocycles. The molecule has 2 unspecified atom stereocenters. The predicted molar refractivity (Wildman–Crippen MR) is 135 cm³/mol. The smallest absolute Gasteiger partial charge is 0.228 e. The van der Waals surface area contributed by atoms with Crippen LogP contribution >= 0.6 is 23.2 Å². The molecule has 3 aromatic carbocycles. The number of nitrogens with zero attached hydrogens (tertiary/aromatic N) is 2. The highest BCUT2D eigenvalue weighted by atomic mass is 35.5. The zero-order chi connectivity index (χ0) is 23.8. The van der Waals surface area contributed by atoms with Crippen LogP contribution in [0.1, 0.15) is 47.7 Å². The molecule has 0 saturated carbocycles. The number of halogens is 2. The van der Waals surface area contributed by atoms with Gasteiger partial charge in [0.1, 0.15) is 0 Å². The average Bonchev–Trinajstić information content (AvgIpc) is 3.24. The Morgan fingerprint density at radius 2 is 1.62 bits per heavy atom. The third-order valence-electron chi connectivity index (χ3n) is 7.09. The van der Waals surface area contributed by atoms with E-state index in [2.05, 4.69) is 18.2 Å². The predicted octanol–water partition coefficient (Wildman–Crippen LogP) is 6.23. The fourth-order valence-electron chi connectivity index (χ4n) is 5.18. The minimum absolute atomic E-state index is 0.0116. The fraction of sp³-hybridized carbons (Fsp3) is 0.286. The summed E-state index contributed by atoms with van der Waals surface area (Å²) in [5.74, 6) is -0.328. The molecule has 0 bridgehead atoms. The maximum absolute atomic E-state index is 13.9. The summed E-state index contributed by atoms with van der Waals surface area (Å²) < 4.78 is 0. The summed E-state index contributed by atoms with van der Waals surface area (Å²) in [4.78, 5) is 30.6. The van der Waals surface area contributed by atoms with Crippen molar-refractivity contribution >= 4 is 35.0 Å². The number of rotatable bonds is 4. The van der Waals surface area contributed by atoms with E-state index in [-0.39, 0.29) is 36.2 Å². The highest BCUT2D eigenvalue weighted by molar-refractivity contribution is 6.30. The first-order valence-electron chi connectivity index (χ1n) is 11.6. The third kappa shape index (κ3) is 4.45. The first-order chi connectivity index (χ1) is 16.4. The van der Waals surface area contributed by atoms with Gasteiger partial charge in [-0.15, -0.1) is 0 Å². The van der Waals surface area contributed by atoms with Crippen molar-refractivity contribution in [1.29, 1.82) is 0 Å². The first-order valence-corrected chi connectivity index (χ1v) is 12.3. The van der Waals surface area contributed by atoms with Gasteiger partial charge in [0.2, 0.25) is 11.8 Å². The molecule has 3 atom stereocenters. The van der Waals surface area contributed by atoms with E-state index in [1.807, 2.05) is 71.3 Å². The van der Waals surface area contributed by atoms with E-state index in [0.717, 1.165) is 23.1 Å². The number of amides is 2. The van der Waals surface area contributed by atoms with Gasteiger partial charge in [0.25, 0.3) is 0 Å². The molecule has 0 N–H and O–H groups in total. The van der Waals surface area contributed by atoms with E-state index in [1.54, 1.807) is 0 Å². The van der Waals surface area contributed by atoms with Crippen LogP contribution in [-0.4, -0.2) is 28.2 Å². The number of hydrogen-bond acceptors (Lipinski definition) is 2. The molecule has 34 heavy (non-hydrogen) atoms. The quantitative estimate of drug-likeness (QED) is 0.433. The molecular weight excluding hydrogens is 467 g/mol. The fourth-order valence-corrected chi connectivity index (χ4v) is 5.51. The lowest BCUT2D eigenvalue weighted by atomic mass is 9.88. The van der Waals surface area contributed by atoms with Crippen molar-refractivity contribution in [3.8, 4) is 0 Å². The summed E-state index contributed by atoms with van der Waals surface area (Å²) in [5, 5.41) is 1.33. The van der Waals surface area contributed by atoms with Gasteiger partial charge in [-0.05, 0) is 59.9 Å². The van der Waals surface area contributed by atoms with Crippen LogP contribution in [-0.2, 0) is 22.6 Å². The van der Waals surface area contributed by atoms with Crippen LogP contribution in [0.5, 0.6) is 0 Å². The Morgan fingerprint density at radius 1 is 0.912 bits per heavy atom. The Labute approximate surface area is 210 Å². The standard InChI is InChI=1S/C28H26Cl2N2O2/c1-18(19-7-10-24(29)11-8-19)31-17-23(15-27(31)33)28(34)32-16-22-13-25(30)12-9-21(22)14-26(32)20-5-3-2-4-6-20/h2-13,18,23,26H,14-17H2,1H3/t18-,23?,26?/m0/s1. The molecule has 0 aliphatic carbocycles. The molecule has 2 aliphatic rings. The average molecular weight is 493 g/mol. The Hall–Kier alpha value is -2.82. The lowest BCUT2D eigenvalue weighted by molar-refractivity contribution is -0.139. The first kappa shape index (κ1) is 22.9. The number of carbonyl (C=O) groups excluding carboxylic acids is 2. The normalized spacial score (nSPS) is 20.9. The molecular formula is C28H26Cl2N2O2. The van der Waals surface area contributed by atoms with Crippen molar-refractivity contribution in [2.24, 2.45) is 5.92 Å². The summed E-state index contributed by atoms with van der Waals surface area (Å²) in [6, 6.07) is 23.4. The van der Waals surface area contributed by atoms with E-state index in [1.165, 1.54) is 5.56 Å². The van der Waals surface area contributed by atoms with Crippen LogP contribution < -0.4 is 0 Å². The molecule has 0 spiro atoms. The molecule has 2 amide bonds. The zero-order valence-corrected chi connectivity index (χ0v) is 20.5. The van der Waals surface area contributed by atoms with Crippen LogP contribution in [0.4, 0.5) is 0 Å². The van der Waals surface area contributed by atoms with Gasteiger partial charge in [0.05, 0.1) is 18.0 Å². The second kappa shape index (κ2) is 9.44. The van der Waals surface area contributed by atoms with Crippen molar-refractivity contribution < 1.29 is 9.59 Å². The van der Waals surface area contributed by atoms with E-state index in [0.29, 0.717) is 23.1 Å². The maximum atomic E-state index is 13.9. The Bertz CT molecular complexity index is 1210. The van der Waals surface area contributed by atoms with Crippen LogP contribution in [0.15, 0.2) is 72.8 Å². The van der Waals surface area contributed by atoms with Crippen LogP contribution in [0.2, 0.25) is 10.0 Å². The summed E-state index contributed by atoms with van der Waals surface area (Å²) >= 11 is 12.3. The van der Waals surface area contributed by atoms with E-state index >= 15 is 0 Å². The van der Waals surface area contributed by atoms with Gasteiger partial charge in [0.15, 0.2) is 0 Å². The highest BCUT2D eigenvalue weighted by Gasteiger charge is 2.41. The molecule has 3 aromatic rings. The van der Waals surface area contributed by atoms with Gasteiger partial charge in [-0.3, -0.25) is 9.59 Å². The molecule has 0 aromatic heterocycles. The minimum Gasteiger partial charge on any atom is -0.335 e. The molecule has 6 heteroatoms. The SMILES string of the molecule is C[C@@H](c1ccc(Cl)cc1)N1CC(C(=O)N2Cc3cc(Cl)ccc3CC2c2ccccc2)CC1=O. The van der Waals surface area contributed by atoms with Gasteiger partial charge in [0, 0.05) is 29.6 Å². The van der Waals surface area contributed by atoms with Gasteiger partial charge in [-0.2, -0.15) is 0 Å². The summed E-state index contributed by atoms with van der Waals surface area (Å²) in [6.45, 7) is 2.91. The number of benzene rings is 3. The summed E-state index contributed by atoms with van der Waals surface area (Å²) in [6.07, 6.45) is 0.963. The highest BCUT2D eigenvalue weighted by Crippen LogP contribution is 2.37. The van der Waals surface area contributed by atoms with E-state index < -0.39 is 0 Å². The van der Waals surface area contributed by atoms with E-state index in [9.17, 15) is 9.59 Å². The number of fused-ring (bicyclic) bond motifs is 1. The minimum atomic E-state index is -0.366. The van der Waals surface area contributed by atoms with Crippen molar-refractivity contribution in [3.05, 3.63) is 105 Å². The molecule has 174 valence electrons. The van der Waals surface area contributed by atoms with Crippen molar-refractivity contribution in [1.82, 2.24) is 9.80 Å². The van der Waals surface area contributed by atoms with E-state index in [4.69, 9.17) is 23.2 Å². The summed E-state index contributed by atoms with van der Waals surface area (Å²) in [5.41, 5.74) is 4.40. The van der Waals surface area contributed by atoms with Gasteiger partial charge in [-0.25, -0.2) is 0 Å². The Morgan fingerprint density at radius 3 is 2.35 bits per heavy atom. The van der Waals surface area contributed by atoms with Crippen LogP contribution in [0.3, 0.4) is 0 Å². The second-order valence-electron chi connectivity index (χ2n) is 9.18. The molecule has 5 rings (SSSR count). The summed E-state index contributed by atoms with van der Waals surface area (Å²) in [7, 11) is 0. The van der Waals surface area contributed by atoms with Gasteiger partial charge >= 0.3 is 0 Å². The molecule has 2 aliphatic heterocycles. The monoisotopic (exact) mass is 492 g/mol. The van der Waals surface area contributed by atoms with Crippen molar-refractivity contribution in [2.45, 2.75) is 38.4 Å². The molecule has 1 fully saturated rings. The van der Waals surface area contributed by atoms with Crippen molar-refractivity contribution in [3.63, 3.8) is 0 Å². The zero-order valence-electron chi connectivity index (χ0n) is 19.0. The maximum Gasteiger partial charge on any atom is 0.228 e. The Kier molecular flexibility index (Phi) is 6.37. The van der Waals surface area contributed by atoms with Crippen LogP contribution in [0, 0.1) is 5.92 Å². The Balaban J connectivity index is 1.40.